The van der Waals surface area contributed by atoms with Crippen LogP contribution in [-0.4, -0.2) is 40.0 Å². The lowest BCUT2D eigenvalue weighted by Crippen LogP contribution is -2.45. The van der Waals surface area contributed by atoms with Gasteiger partial charge >= 0.3 is 0 Å². The fraction of sp³-hybridized carbons (Fsp3) is 0.471. The molecule has 0 aliphatic carbocycles. The summed E-state index contributed by atoms with van der Waals surface area (Å²) in [6.45, 7) is 5.04. The number of nitrogens with zero attached hydrogens (tertiary/aromatic N) is 2. The van der Waals surface area contributed by atoms with Crippen LogP contribution in [0, 0.1) is 11.8 Å². The second kappa shape index (κ2) is 6.40. The second-order valence-electron chi connectivity index (χ2n) is 6.41. The molecule has 1 atom stereocenters. The molecule has 2 N–H and O–H groups in total. The van der Waals surface area contributed by atoms with Gasteiger partial charge in [0, 0.05) is 24.4 Å². The number of hydrogen-bond donors (Lipinski definition) is 2. The van der Waals surface area contributed by atoms with Crippen molar-refractivity contribution in [2.24, 2.45) is 11.8 Å². The summed E-state index contributed by atoms with van der Waals surface area (Å²) in [4.78, 5) is 26.5. The Labute approximate surface area is 135 Å². The summed E-state index contributed by atoms with van der Waals surface area (Å²) in [7, 11) is 0. The molecule has 122 valence electrons. The number of benzene rings is 1. The molecule has 1 aromatic heterocycles. The topological polar surface area (TPSA) is 78.1 Å². The Morgan fingerprint density at radius 1 is 1.39 bits per heavy atom. The summed E-state index contributed by atoms with van der Waals surface area (Å²) in [5.41, 5.74) is 1.56. The van der Waals surface area contributed by atoms with Gasteiger partial charge in [-0.2, -0.15) is 5.10 Å². The van der Waals surface area contributed by atoms with Crippen LogP contribution in [0.3, 0.4) is 0 Å². The van der Waals surface area contributed by atoms with Crippen molar-refractivity contribution in [3.8, 4) is 0 Å². The van der Waals surface area contributed by atoms with Crippen molar-refractivity contribution in [3.63, 3.8) is 0 Å². The second-order valence-corrected chi connectivity index (χ2v) is 6.41. The van der Waals surface area contributed by atoms with Crippen molar-refractivity contribution < 1.29 is 9.59 Å². The van der Waals surface area contributed by atoms with Crippen molar-refractivity contribution in [2.45, 2.75) is 26.7 Å². The van der Waals surface area contributed by atoms with E-state index in [1.54, 1.807) is 6.20 Å². The van der Waals surface area contributed by atoms with E-state index in [4.69, 9.17) is 0 Å². The first-order valence-electron chi connectivity index (χ1n) is 8.08. The van der Waals surface area contributed by atoms with Crippen LogP contribution in [0.25, 0.3) is 10.9 Å². The molecule has 23 heavy (non-hydrogen) atoms. The number of carbonyl (C=O) groups is 2. The van der Waals surface area contributed by atoms with Crippen molar-refractivity contribution in [2.75, 3.05) is 18.4 Å². The fourth-order valence-corrected chi connectivity index (χ4v) is 3.06. The van der Waals surface area contributed by atoms with E-state index in [1.165, 1.54) is 0 Å². The number of aromatic nitrogens is 2. The zero-order valence-electron chi connectivity index (χ0n) is 13.5. The maximum atomic E-state index is 12.6. The molecule has 1 saturated heterocycles. The molecule has 1 unspecified atom stereocenters. The smallest absolute Gasteiger partial charge is 0.229 e. The summed E-state index contributed by atoms with van der Waals surface area (Å²) in [5, 5.41) is 10.9. The monoisotopic (exact) mass is 314 g/mol. The number of hydrogen-bond acceptors (Lipinski definition) is 3. The van der Waals surface area contributed by atoms with Crippen LogP contribution in [0.5, 0.6) is 0 Å². The number of aromatic amines is 1. The number of carbonyl (C=O) groups excluding carboxylic acids is 2. The summed E-state index contributed by atoms with van der Waals surface area (Å²) in [6, 6.07) is 5.69. The lowest BCUT2D eigenvalue weighted by molar-refractivity contribution is -0.137. The molecule has 3 rings (SSSR count). The third kappa shape index (κ3) is 3.21. The van der Waals surface area contributed by atoms with Gasteiger partial charge in [0.1, 0.15) is 0 Å². The number of fused-ring (bicyclic) bond motifs is 1. The minimum absolute atomic E-state index is 0.0319. The van der Waals surface area contributed by atoms with Gasteiger partial charge in [-0.05, 0) is 18.9 Å². The van der Waals surface area contributed by atoms with Gasteiger partial charge in [-0.3, -0.25) is 14.7 Å². The number of anilines is 1. The van der Waals surface area contributed by atoms with Gasteiger partial charge in [0.25, 0.3) is 0 Å². The molecule has 0 bridgehead atoms. The predicted molar refractivity (Wildman–Crippen MR) is 88.9 cm³/mol. The maximum absolute atomic E-state index is 12.6. The van der Waals surface area contributed by atoms with Crippen LogP contribution < -0.4 is 5.32 Å². The predicted octanol–water partition coefficient (Wildman–Crippen LogP) is 2.40. The average Bonchev–Trinajstić information content (AvgIpc) is 3.04. The third-order valence-corrected chi connectivity index (χ3v) is 4.33. The summed E-state index contributed by atoms with van der Waals surface area (Å²) in [5.74, 6) is -0.105. The van der Waals surface area contributed by atoms with E-state index in [9.17, 15) is 9.59 Å². The number of nitrogens with one attached hydrogen (secondary N) is 2. The SMILES string of the molecule is CC(C)C(=O)N1CCCC(C(=O)Nc2cccc3cn[nH]c23)C1. The van der Waals surface area contributed by atoms with Gasteiger partial charge in [0.2, 0.25) is 11.8 Å². The molecule has 6 heteroatoms. The minimum atomic E-state index is -0.162. The molecule has 0 radical (unpaired) electrons. The molecule has 1 aliphatic heterocycles. The molecule has 6 nitrogen and oxygen atoms in total. The first-order chi connectivity index (χ1) is 11.1. The van der Waals surface area contributed by atoms with Crippen LogP contribution in [-0.2, 0) is 9.59 Å². The number of H-pyrrole nitrogens is 1. The maximum Gasteiger partial charge on any atom is 0.229 e. The number of piperidine rings is 1. The quantitative estimate of drug-likeness (QED) is 0.913. The minimum Gasteiger partial charge on any atom is -0.342 e. The highest BCUT2D eigenvalue weighted by Gasteiger charge is 2.29. The Balaban J connectivity index is 1.70. The first kappa shape index (κ1) is 15.5. The van der Waals surface area contributed by atoms with E-state index in [0.29, 0.717) is 6.54 Å². The first-order valence-corrected chi connectivity index (χ1v) is 8.08. The summed E-state index contributed by atoms with van der Waals surface area (Å²) < 4.78 is 0. The zero-order valence-corrected chi connectivity index (χ0v) is 13.5. The largest absolute Gasteiger partial charge is 0.342 e. The van der Waals surface area contributed by atoms with E-state index in [-0.39, 0.29) is 23.7 Å². The average molecular weight is 314 g/mol. The summed E-state index contributed by atoms with van der Waals surface area (Å²) in [6.07, 6.45) is 3.41. The lowest BCUT2D eigenvalue weighted by atomic mass is 9.96. The Morgan fingerprint density at radius 2 is 2.22 bits per heavy atom. The lowest BCUT2D eigenvalue weighted by Gasteiger charge is -2.33. The van der Waals surface area contributed by atoms with Crippen LogP contribution in [0.4, 0.5) is 5.69 Å². The molecule has 2 aromatic rings. The van der Waals surface area contributed by atoms with Crippen LogP contribution in [0.15, 0.2) is 24.4 Å². The molecule has 1 aliphatic rings. The van der Waals surface area contributed by atoms with Gasteiger partial charge in [-0.15, -0.1) is 0 Å². The Bertz CT molecular complexity index is 722. The molecule has 2 heterocycles. The van der Waals surface area contributed by atoms with Gasteiger partial charge in [-0.1, -0.05) is 26.0 Å². The molecular formula is C17H22N4O2. The number of likely N-dealkylation sites (tertiary alicyclic amines) is 1. The number of rotatable bonds is 3. The van der Waals surface area contributed by atoms with Crippen molar-refractivity contribution in [1.82, 2.24) is 15.1 Å². The van der Waals surface area contributed by atoms with E-state index in [2.05, 4.69) is 15.5 Å². The third-order valence-electron chi connectivity index (χ3n) is 4.33. The van der Waals surface area contributed by atoms with Crippen molar-refractivity contribution in [1.29, 1.82) is 0 Å². The standard InChI is InChI=1S/C17H22N4O2/c1-11(2)17(23)21-8-4-6-13(10-21)16(22)19-14-7-3-5-12-9-18-20-15(12)14/h3,5,7,9,11,13H,4,6,8,10H2,1-2H3,(H,18,20)(H,19,22). The van der Waals surface area contributed by atoms with Crippen molar-refractivity contribution in [3.05, 3.63) is 24.4 Å². The highest BCUT2D eigenvalue weighted by atomic mass is 16.2. The van der Waals surface area contributed by atoms with Crippen molar-refractivity contribution >= 4 is 28.4 Å². The Kier molecular flexibility index (Phi) is 4.32. The van der Waals surface area contributed by atoms with Gasteiger partial charge in [0.05, 0.1) is 23.3 Å². The van der Waals surface area contributed by atoms with Gasteiger partial charge < -0.3 is 10.2 Å². The number of para-hydroxylation sites is 1. The molecule has 2 amide bonds. The normalized spacial score (nSPS) is 18.4. The Hall–Kier alpha value is -2.37. The zero-order chi connectivity index (χ0) is 16.4. The van der Waals surface area contributed by atoms with E-state index < -0.39 is 0 Å². The molecule has 0 saturated carbocycles. The van der Waals surface area contributed by atoms with E-state index in [0.717, 1.165) is 36.0 Å². The van der Waals surface area contributed by atoms with E-state index >= 15 is 0 Å². The molecule has 1 aromatic carbocycles. The van der Waals surface area contributed by atoms with Gasteiger partial charge in [0.15, 0.2) is 0 Å². The highest BCUT2D eigenvalue weighted by molar-refractivity contribution is 6.01. The van der Waals surface area contributed by atoms with E-state index in [1.807, 2.05) is 36.9 Å². The Morgan fingerprint density at radius 3 is 3.00 bits per heavy atom. The fourth-order valence-electron chi connectivity index (χ4n) is 3.06. The van der Waals surface area contributed by atoms with Crippen LogP contribution in [0.2, 0.25) is 0 Å². The molecule has 1 fully saturated rings. The highest BCUT2D eigenvalue weighted by Crippen LogP contribution is 2.24. The van der Waals surface area contributed by atoms with Crippen LogP contribution >= 0.6 is 0 Å². The molecular weight excluding hydrogens is 292 g/mol. The summed E-state index contributed by atoms with van der Waals surface area (Å²) >= 11 is 0. The van der Waals surface area contributed by atoms with Crippen LogP contribution in [0.1, 0.15) is 26.7 Å². The number of amides is 2. The molecule has 0 spiro atoms. The van der Waals surface area contributed by atoms with Gasteiger partial charge in [-0.25, -0.2) is 0 Å².